The fourth-order valence-electron chi connectivity index (χ4n) is 0.960. The zero-order chi connectivity index (χ0) is 8.43. The molecule has 1 heterocycles. The van der Waals surface area contributed by atoms with Gasteiger partial charge in [-0.25, -0.2) is 0 Å². The topological polar surface area (TPSA) is 66.8 Å². The summed E-state index contributed by atoms with van der Waals surface area (Å²) >= 11 is 0. The number of hydrogen-bond acceptors (Lipinski definition) is 4. The molecule has 1 aliphatic heterocycles. The Bertz CT molecular complexity index is 197. The highest BCUT2D eigenvalue weighted by molar-refractivity contribution is 5.59. The van der Waals surface area contributed by atoms with Crippen molar-refractivity contribution in [3.05, 3.63) is 11.5 Å². The second-order valence-electron chi connectivity index (χ2n) is 2.48. The van der Waals surface area contributed by atoms with E-state index in [9.17, 15) is 9.90 Å². The molecule has 2 N–H and O–H groups in total. The van der Waals surface area contributed by atoms with E-state index >= 15 is 0 Å². The summed E-state index contributed by atoms with van der Waals surface area (Å²) in [6.07, 6.45) is -0.400. The molecule has 4 nitrogen and oxygen atoms in total. The van der Waals surface area contributed by atoms with Crippen LogP contribution in [0.25, 0.3) is 0 Å². The Hall–Kier alpha value is -1.03. The summed E-state index contributed by atoms with van der Waals surface area (Å²) in [5.41, 5.74) is 0. The molecule has 62 valence electrons. The lowest BCUT2D eigenvalue weighted by atomic mass is 10.00. The van der Waals surface area contributed by atoms with Crippen LogP contribution in [0.3, 0.4) is 0 Å². The number of allylic oxidation sites excluding steroid dienone is 1. The minimum atomic E-state index is -0.920. The second-order valence-corrected chi connectivity index (χ2v) is 2.48. The van der Waals surface area contributed by atoms with Crippen LogP contribution in [0.1, 0.15) is 6.92 Å². The molecule has 0 bridgehead atoms. The van der Waals surface area contributed by atoms with Gasteiger partial charge in [-0.15, -0.1) is 0 Å². The maximum absolute atomic E-state index is 10.3. The predicted octanol–water partition coefficient (Wildman–Crippen LogP) is -0.0179. The number of carbonyl (C=O) groups excluding carboxylic acids is 1. The summed E-state index contributed by atoms with van der Waals surface area (Å²) in [6, 6.07) is 0. The third-order valence-electron chi connectivity index (χ3n) is 1.71. The molecule has 0 saturated heterocycles. The van der Waals surface area contributed by atoms with Crippen LogP contribution in [0.2, 0.25) is 0 Å². The third kappa shape index (κ3) is 1.35. The Morgan fingerprint density at radius 1 is 1.73 bits per heavy atom. The molecule has 2 unspecified atom stereocenters. The van der Waals surface area contributed by atoms with Crippen LogP contribution >= 0.6 is 0 Å². The minimum absolute atomic E-state index is 0.0688. The van der Waals surface area contributed by atoms with Crippen molar-refractivity contribution in [2.24, 2.45) is 5.92 Å². The van der Waals surface area contributed by atoms with E-state index < -0.39 is 12.0 Å². The smallest absolute Gasteiger partial charge is 0.142 e. The fraction of sp³-hybridized carbons (Fsp3) is 0.571. The van der Waals surface area contributed by atoms with Crippen LogP contribution < -0.4 is 0 Å². The Balaban J connectivity index is 2.87. The highest BCUT2D eigenvalue weighted by atomic mass is 16.5. The zero-order valence-electron chi connectivity index (χ0n) is 6.15. The standard InChI is InChI=1S/C7H10O4/c1-4-7(10)5(2-8)6(9)3-11-4/h2,5-6,9-10H,3H2,1H3. The summed E-state index contributed by atoms with van der Waals surface area (Å²) in [5.74, 6) is -0.671. The van der Waals surface area contributed by atoms with Gasteiger partial charge in [0.15, 0.2) is 0 Å². The monoisotopic (exact) mass is 158 g/mol. The van der Waals surface area contributed by atoms with Crippen molar-refractivity contribution in [1.29, 1.82) is 0 Å². The molecule has 11 heavy (non-hydrogen) atoms. The van der Waals surface area contributed by atoms with Gasteiger partial charge in [0.25, 0.3) is 0 Å². The van der Waals surface area contributed by atoms with Crippen molar-refractivity contribution >= 4 is 6.29 Å². The van der Waals surface area contributed by atoms with Crippen LogP contribution in [-0.4, -0.2) is 29.2 Å². The Morgan fingerprint density at radius 3 is 2.82 bits per heavy atom. The summed E-state index contributed by atoms with van der Waals surface area (Å²) < 4.78 is 4.86. The number of aliphatic hydroxyl groups is 2. The van der Waals surface area contributed by atoms with E-state index in [0.717, 1.165) is 0 Å². The highest BCUT2D eigenvalue weighted by Crippen LogP contribution is 2.21. The molecule has 0 aliphatic carbocycles. The van der Waals surface area contributed by atoms with Crippen molar-refractivity contribution in [2.45, 2.75) is 13.0 Å². The SMILES string of the molecule is CC1=C(O)C(C=O)C(O)CO1. The first-order valence-electron chi connectivity index (χ1n) is 3.32. The molecule has 1 rings (SSSR count). The normalized spacial score (nSPS) is 31.5. The van der Waals surface area contributed by atoms with Gasteiger partial charge in [-0.2, -0.15) is 0 Å². The molecule has 0 aromatic carbocycles. The molecule has 0 fully saturated rings. The molecule has 0 amide bonds. The van der Waals surface area contributed by atoms with Crippen molar-refractivity contribution in [1.82, 2.24) is 0 Å². The maximum Gasteiger partial charge on any atom is 0.142 e. The number of aliphatic hydroxyl groups excluding tert-OH is 2. The summed E-state index contributed by atoms with van der Waals surface area (Å²) in [7, 11) is 0. The third-order valence-corrected chi connectivity index (χ3v) is 1.71. The molecule has 0 saturated carbocycles. The zero-order valence-corrected chi connectivity index (χ0v) is 6.15. The van der Waals surface area contributed by atoms with Crippen LogP contribution in [0, 0.1) is 5.92 Å². The van der Waals surface area contributed by atoms with Crippen LogP contribution in [0.15, 0.2) is 11.5 Å². The van der Waals surface area contributed by atoms with Gasteiger partial charge in [0.05, 0.1) is 0 Å². The lowest BCUT2D eigenvalue weighted by Crippen LogP contribution is -2.33. The molecule has 2 atom stereocenters. The lowest BCUT2D eigenvalue weighted by molar-refractivity contribution is -0.116. The van der Waals surface area contributed by atoms with Gasteiger partial charge >= 0.3 is 0 Å². The maximum atomic E-state index is 10.3. The van der Waals surface area contributed by atoms with Gasteiger partial charge in [-0.3, -0.25) is 0 Å². The number of hydrogen-bond donors (Lipinski definition) is 2. The summed E-state index contributed by atoms with van der Waals surface area (Å²) in [4.78, 5) is 10.3. The van der Waals surface area contributed by atoms with E-state index in [0.29, 0.717) is 12.0 Å². The van der Waals surface area contributed by atoms with Crippen LogP contribution in [0.5, 0.6) is 0 Å². The van der Waals surface area contributed by atoms with Crippen molar-refractivity contribution in [3.8, 4) is 0 Å². The first kappa shape index (κ1) is 8.07. The highest BCUT2D eigenvalue weighted by Gasteiger charge is 2.29. The van der Waals surface area contributed by atoms with Crippen molar-refractivity contribution < 1.29 is 19.7 Å². The quantitative estimate of drug-likeness (QED) is 0.526. The first-order valence-corrected chi connectivity index (χ1v) is 3.32. The molecule has 0 aromatic rings. The first-order chi connectivity index (χ1) is 5.16. The van der Waals surface area contributed by atoms with E-state index in [4.69, 9.17) is 9.84 Å². The lowest BCUT2D eigenvalue weighted by Gasteiger charge is -2.24. The average Bonchev–Trinajstić information content (AvgIpc) is 1.99. The van der Waals surface area contributed by atoms with Crippen LogP contribution in [0.4, 0.5) is 0 Å². The Kier molecular flexibility index (Phi) is 2.14. The van der Waals surface area contributed by atoms with Gasteiger partial charge in [0.1, 0.15) is 36.4 Å². The average molecular weight is 158 g/mol. The van der Waals surface area contributed by atoms with Gasteiger partial charge < -0.3 is 19.7 Å². The van der Waals surface area contributed by atoms with Gasteiger partial charge in [0.2, 0.25) is 0 Å². The number of rotatable bonds is 1. The van der Waals surface area contributed by atoms with E-state index in [-0.39, 0.29) is 12.4 Å². The summed E-state index contributed by atoms with van der Waals surface area (Å²) in [6.45, 7) is 1.62. The number of carbonyl (C=O) groups is 1. The van der Waals surface area contributed by atoms with Crippen molar-refractivity contribution in [3.63, 3.8) is 0 Å². The number of aldehydes is 1. The number of ether oxygens (including phenoxy) is 1. The second kappa shape index (κ2) is 2.92. The van der Waals surface area contributed by atoms with Gasteiger partial charge in [0, 0.05) is 0 Å². The van der Waals surface area contributed by atoms with E-state index in [2.05, 4.69) is 0 Å². The predicted molar refractivity (Wildman–Crippen MR) is 36.8 cm³/mol. The Labute approximate surface area is 64.1 Å². The van der Waals surface area contributed by atoms with E-state index in [1.807, 2.05) is 0 Å². The molecule has 0 spiro atoms. The largest absolute Gasteiger partial charge is 0.508 e. The van der Waals surface area contributed by atoms with Gasteiger partial charge in [-0.05, 0) is 6.92 Å². The fourth-order valence-corrected chi connectivity index (χ4v) is 0.960. The molecular formula is C7H10O4. The molecule has 4 heteroatoms. The van der Waals surface area contributed by atoms with Crippen LogP contribution in [-0.2, 0) is 9.53 Å². The minimum Gasteiger partial charge on any atom is -0.508 e. The molecule has 1 aliphatic rings. The molecular weight excluding hydrogens is 148 g/mol. The molecule has 0 aromatic heterocycles. The van der Waals surface area contributed by atoms with Crippen molar-refractivity contribution in [2.75, 3.05) is 6.61 Å². The molecule has 0 radical (unpaired) electrons. The summed E-state index contributed by atoms with van der Waals surface area (Å²) in [5, 5.41) is 18.3. The van der Waals surface area contributed by atoms with E-state index in [1.165, 1.54) is 0 Å². The Morgan fingerprint density at radius 2 is 2.36 bits per heavy atom. The van der Waals surface area contributed by atoms with Gasteiger partial charge in [-0.1, -0.05) is 0 Å². The van der Waals surface area contributed by atoms with E-state index in [1.54, 1.807) is 6.92 Å².